The van der Waals surface area contributed by atoms with Crippen LogP contribution in [0.5, 0.6) is 5.75 Å². The van der Waals surface area contributed by atoms with Crippen LogP contribution in [0.2, 0.25) is 0 Å². The number of imide groups is 1. The molecule has 1 aromatic carbocycles. The SMILES string of the molecule is COc1ccc(S(=O)(=O)N2CCC3(CC2)NC(=O)NC3=O)cc1C. The van der Waals surface area contributed by atoms with Crippen LogP contribution in [-0.4, -0.2) is 50.4 Å². The highest BCUT2D eigenvalue weighted by atomic mass is 32.2. The minimum Gasteiger partial charge on any atom is -0.496 e. The van der Waals surface area contributed by atoms with Crippen molar-refractivity contribution in [2.45, 2.75) is 30.2 Å². The van der Waals surface area contributed by atoms with Gasteiger partial charge in [-0.3, -0.25) is 10.1 Å². The number of benzene rings is 1. The molecule has 0 aliphatic carbocycles. The molecule has 2 aliphatic rings. The third kappa shape index (κ3) is 2.63. The first-order chi connectivity index (χ1) is 11.3. The van der Waals surface area contributed by atoms with Crippen molar-refractivity contribution < 1.29 is 22.7 Å². The van der Waals surface area contributed by atoms with Crippen LogP contribution < -0.4 is 15.4 Å². The Morgan fingerprint density at radius 1 is 1.21 bits per heavy atom. The molecule has 0 aromatic heterocycles. The second-order valence-corrected chi connectivity index (χ2v) is 7.96. The van der Waals surface area contributed by atoms with Crippen LogP contribution >= 0.6 is 0 Å². The number of hydrogen-bond acceptors (Lipinski definition) is 5. The number of hydrogen-bond donors (Lipinski definition) is 2. The molecule has 3 rings (SSSR count). The quantitative estimate of drug-likeness (QED) is 0.764. The second kappa shape index (κ2) is 5.75. The molecular weight excluding hydrogens is 334 g/mol. The van der Waals surface area contributed by atoms with Gasteiger partial charge in [0.25, 0.3) is 5.91 Å². The minimum atomic E-state index is -3.65. The van der Waals surface area contributed by atoms with Crippen molar-refractivity contribution in [2.24, 2.45) is 0 Å². The number of nitrogens with one attached hydrogen (secondary N) is 2. The molecule has 130 valence electrons. The van der Waals surface area contributed by atoms with E-state index in [1.54, 1.807) is 19.1 Å². The van der Waals surface area contributed by atoms with Crippen LogP contribution in [0.25, 0.3) is 0 Å². The molecule has 0 bridgehead atoms. The lowest BCUT2D eigenvalue weighted by Gasteiger charge is -2.36. The molecule has 0 unspecified atom stereocenters. The molecular formula is C15H19N3O5S. The van der Waals surface area contributed by atoms with E-state index >= 15 is 0 Å². The van der Waals surface area contributed by atoms with Gasteiger partial charge in [-0.2, -0.15) is 4.31 Å². The van der Waals surface area contributed by atoms with E-state index < -0.39 is 21.6 Å². The number of carbonyl (C=O) groups excluding carboxylic acids is 2. The third-order valence-corrected chi connectivity index (χ3v) is 6.49. The van der Waals surface area contributed by atoms with Crippen molar-refractivity contribution in [3.63, 3.8) is 0 Å². The van der Waals surface area contributed by atoms with Crippen molar-refractivity contribution >= 4 is 22.0 Å². The summed E-state index contributed by atoms with van der Waals surface area (Å²) in [6, 6.07) is 4.18. The normalized spacial score (nSPS) is 20.8. The standard InChI is InChI=1S/C15H19N3O5S/c1-10-9-11(3-4-12(10)23-2)24(21,22)18-7-5-15(6-8-18)13(19)16-14(20)17-15/h3-4,9H,5-8H2,1-2H3,(H2,16,17,19,20). The summed E-state index contributed by atoms with van der Waals surface area (Å²) in [5, 5.41) is 4.83. The zero-order valence-electron chi connectivity index (χ0n) is 13.5. The Hall–Kier alpha value is -2.13. The molecule has 0 saturated carbocycles. The summed E-state index contributed by atoms with van der Waals surface area (Å²) in [5.74, 6) is 0.238. The highest BCUT2D eigenvalue weighted by molar-refractivity contribution is 7.89. The van der Waals surface area contributed by atoms with E-state index in [9.17, 15) is 18.0 Å². The summed E-state index contributed by atoms with van der Waals surface area (Å²) in [6.07, 6.45) is 0.498. The summed E-state index contributed by atoms with van der Waals surface area (Å²) in [6.45, 7) is 2.11. The van der Waals surface area contributed by atoms with Gasteiger partial charge in [0.05, 0.1) is 12.0 Å². The maximum atomic E-state index is 12.8. The van der Waals surface area contributed by atoms with E-state index in [0.29, 0.717) is 5.75 Å². The lowest BCUT2D eigenvalue weighted by molar-refractivity contribution is -0.125. The average Bonchev–Trinajstić information content (AvgIpc) is 2.81. The Morgan fingerprint density at radius 3 is 2.38 bits per heavy atom. The van der Waals surface area contributed by atoms with Gasteiger partial charge in [0.15, 0.2) is 0 Å². The molecule has 2 N–H and O–H groups in total. The van der Waals surface area contributed by atoms with Gasteiger partial charge in [-0.1, -0.05) is 0 Å². The van der Waals surface area contributed by atoms with Crippen LogP contribution in [-0.2, 0) is 14.8 Å². The molecule has 2 aliphatic heterocycles. The fraction of sp³-hybridized carbons (Fsp3) is 0.467. The Kier molecular flexibility index (Phi) is 4.00. The Labute approximate surface area is 140 Å². The summed E-state index contributed by atoms with van der Waals surface area (Å²) in [7, 11) is -2.12. The fourth-order valence-electron chi connectivity index (χ4n) is 3.15. The van der Waals surface area contributed by atoms with Gasteiger partial charge in [0.2, 0.25) is 10.0 Å². The summed E-state index contributed by atoms with van der Waals surface area (Å²) in [5.41, 5.74) is -0.256. The zero-order valence-corrected chi connectivity index (χ0v) is 14.3. The average molecular weight is 353 g/mol. The summed E-state index contributed by atoms with van der Waals surface area (Å²) < 4.78 is 32.1. The molecule has 3 amide bonds. The molecule has 0 radical (unpaired) electrons. The first kappa shape index (κ1) is 16.7. The largest absolute Gasteiger partial charge is 0.496 e. The highest BCUT2D eigenvalue weighted by Crippen LogP contribution is 2.30. The maximum absolute atomic E-state index is 12.8. The lowest BCUT2D eigenvalue weighted by Crippen LogP contribution is -2.55. The first-order valence-electron chi connectivity index (χ1n) is 7.57. The smallest absolute Gasteiger partial charge is 0.322 e. The molecule has 1 spiro atoms. The van der Waals surface area contributed by atoms with Gasteiger partial charge in [-0.25, -0.2) is 13.2 Å². The van der Waals surface area contributed by atoms with E-state index in [-0.39, 0.29) is 36.7 Å². The number of piperidine rings is 1. The van der Waals surface area contributed by atoms with Crippen LogP contribution in [0, 0.1) is 6.92 Å². The zero-order chi connectivity index (χ0) is 17.5. The van der Waals surface area contributed by atoms with E-state index in [2.05, 4.69) is 10.6 Å². The van der Waals surface area contributed by atoms with Crippen molar-refractivity contribution in [3.8, 4) is 5.75 Å². The third-order valence-electron chi connectivity index (χ3n) is 4.59. The second-order valence-electron chi connectivity index (χ2n) is 6.03. The highest BCUT2D eigenvalue weighted by Gasteiger charge is 2.49. The van der Waals surface area contributed by atoms with Gasteiger partial charge >= 0.3 is 6.03 Å². The number of aryl methyl sites for hydroxylation is 1. The first-order valence-corrected chi connectivity index (χ1v) is 9.01. The Balaban J connectivity index is 1.79. The van der Waals surface area contributed by atoms with Crippen molar-refractivity contribution in [3.05, 3.63) is 23.8 Å². The molecule has 0 atom stereocenters. The predicted octanol–water partition coefficient (Wildman–Crippen LogP) is 0.366. The van der Waals surface area contributed by atoms with Crippen molar-refractivity contribution in [1.82, 2.24) is 14.9 Å². The number of amides is 3. The number of ether oxygens (including phenoxy) is 1. The van der Waals surface area contributed by atoms with Gasteiger partial charge in [0, 0.05) is 13.1 Å². The number of carbonyl (C=O) groups is 2. The van der Waals surface area contributed by atoms with Crippen molar-refractivity contribution in [1.29, 1.82) is 0 Å². The fourth-order valence-corrected chi connectivity index (χ4v) is 4.68. The van der Waals surface area contributed by atoms with E-state index in [0.717, 1.165) is 5.56 Å². The molecule has 2 heterocycles. The van der Waals surface area contributed by atoms with Gasteiger partial charge in [-0.05, 0) is 43.5 Å². The molecule has 2 saturated heterocycles. The van der Waals surface area contributed by atoms with E-state index in [4.69, 9.17) is 4.74 Å². The lowest BCUT2D eigenvalue weighted by atomic mass is 9.89. The molecule has 24 heavy (non-hydrogen) atoms. The molecule has 2 fully saturated rings. The summed E-state index contributed by atoms with van der Waals surface area (Å²) >= 11 is 0. The summed E-state index contributed by atoms with van der Waals surface area (Å²) in [4.78, 5) is 23.5. The number of urea groups is 1. The van der Waals surface area contributed by atoms with Crippen LogP contribution in [0.4, 0.5) is 4.79 Å². The Bertz CT molecular complexity index is 797. The molecule has 8 nitrogen and oxygen atoms in total. The molecule has 1 aromatic rings. The number of rotatable bonds is 3. The number of nitrogens with zero attached hydrogens (tertiary/aromatic N) is 1. The van der Waals surface area contributed by atoms with Crippen LogP contribution in [0.15, 0.2) is 23.1 Å². The predicted molar refractivity (Wildman–Crippen MR) is 85.1 cm³/mol. The maximum Gasteiger partial charge on any atom is 0.322 e. The number of sulfonamides is 1. The van der Waals surface area contributed by atoms with Crippen LogP contribution in [0.1, 0.15) is 18.4 Å². The van der Waals surface area contributed by atoms with Gasteiger partial charge < -0.3 is 10.1 Å². The van der Waals surface area contributed by atoms with Crippen LogP contribution in [0.3, 0.4) is 0 Å². The topological polar surface area (TPSA) is 105 Å². The van der Waals surface area contributed by atoms with E-state index in [1.165, 1.54) is 17.5 Å². The minimum absolute atomic E-state index is 0.168. The molecule has 9 heteroatoms. The van der Waals surface area contributed by atoms with Gasteiger partial charge in [-0.15, -0.1) is 0 Å². The Morgan fingerprint density at radius 2 is 1.88 bits per heavy atom. The number of methoxy groups -OCH3 is 1. The van der Waals surface area contributed by atoms with E-state index in [1.807, 2.05) is 0 Å². The van der Waals surface area contributed by atoms with Crippen molar-refractivity contribution in [2.75, 3.05) is 20.2 Å². The van der Waals surface area contributed by atoms with Gasteiger partial charge in [0.1, 0.15) is 11.3 Å². The monoisotopic (exact) mass is 353 g/mol.